The first-order valence-electron chi connectivity index (χ1n) is 7.42. The Hall–Kier alpha value is -0.390. The number of likely N-dealkylation sites (N-methyl/N-ethyl adjacent to an activating group) is 1. The Bertz CT molecular complexity index is 453. The molecule has 1 aliphatic rings. The van der Waals surface area contributed by atoms with Gasteiger partial charge in [-0.25, -0.2) is 0 Å². The van der Waals surface area contributed by atoms with Crippen LogP contribution in [0.4, 0.5) is 0 Å². The summed E-state index contributed by atoms with van der Waals surface area (Å²) in [5.41, 5.74) is 8.07. The average molecular weight is 343 g/mol. The van der Waals surface area contributed by atoms with E-state index in [-0.39, 0.29) is 6.04 Å². The number of rotatable bonds is 4. The van der Waals surface area contributed by atoms with E-state index in [4.69, 9.17) is 5.73 Å². The minimum Gasteiger partial charge on any atom is -0.327 e. The van der Waals surface area contributed by atoms with E-state index in [9.17, 15) is 0 Å². The summed E-state index contributed by atoms with van der Waals surface area (Å²) in [5, 5.41) is 4.53. The molecule has 5 heteroatoms. The van der Waals surface area contributed by atoms with E-state index in [1.807, 2.05) is 6.20 Å². The lowest BCUT2D eigenvalue weighted by Crippen LogP contribution is -2.39. The molecule has 1 fully saturated rings. The van der Waals surface area contributed by atoms with Crippen LogP contribution < -0.4 is 5.73 Å². The van der Waals surface area contributed by atoms with Crippen molar-refractivity contribution in [3.63, 3.8) is 0 Å². The highest BCUT2D eigenvalue weighted by Gasteiger charge is 2.36. The van der Waals surface area contributed by atoms with Crippen LogP contribution in [-0.2, 0) is 6.54 Å². The molecule has 2 N–H and O–H groups in total. The molecule has 1 heterocycles. The van der Waals surface area contributed by atoms with Gasteiger partial charge in [0.1, 0.15) is 0 Å². The first-order chi connectivity index (χ1) is 9.30. The highest BCUT2D eigenvalue weighted by molar-refractivity contribution is 9.10. The summed E-state index contributed by atoms with van der Waals surface area (Å²) in [7, 11) is 4.18. The Labute approximate surface area is 130 Å². The number of nitrogens with zero attached hydrogens (tertiary/aromatic N) is 3. The summed E-state index contributed by atoms with van der Waals surface area (Å²) in [4.78, 5) is 2.18. The Kier molecular flexibility index (Phi) is 4.92. The Morgan fingerprint density at radius 1 is 1.50 bits per heavy atom. The number of hydrogen-bond donors (Lipinski definition) is 1. The van der Waals surface area contributed by atoms with Gasteiger partial charge >= 0.3 is 0 Å². The van der Waals surface area contributed by atoms with Gasteiger partial charge in [0.25, 0.3) is 0 Å². The van der Waals surface area contributed by atoms with Crippen molar-refractivity contribution in [3.8, 4) is 0 Å². The van der Waals surface area contributed by atoms with Crippen molar-refractivity contribution in [2.45, 2.75) is 51.6 Å². The zero-order valence-corrected chi connectivity index (χ0v) is 14.7. The van der Waals surface area contributed by atoms with E-state index in [0.717, 1.165) is 30.4 Å². The molecular formula is C15H27BrN4. The molecule has 0 saturated heterocycles. The lowest BCUT2D eigenvalue weighted by atomic mass is 9.69. The van der Waals surface area contributed by atoms with E-state index < -0.39 is 0 Å². The van der Waals surface area contributed by atoms with E-state index >= 15 is 0 Å². The zero-order chi connectivity index (χ0) is 14.9. The molecule has 0 bridgehead atoms. The van der Waals surface area contributed by atoms with Crippen LogP contribution >= 0.6 is 15.9 Å². The van der Waals surface area contributed by atoms with Crippen molar-refractivity contribution in [1.82, 2.24) is 14.7 Å². The third kappa shape index (κ3) is 3.62. The predicted octanol–water partition coefficient (Wildman–Crippen LogP) is 2.83. The van der Waals surface area contributed by atoms with Crippen molar-refractivity contribution >= 4 is 15.9 Å². The third-order valence-corrected chi connectivity index (χ3v) is 5.00. The molecule has 0 spiro atoms. The van der Waals surface area contributed by atoms with Crippen LogP contribution in [0.15, 0.2) is 10.7 Å². The van der Waals surface area contributed by atoms with Crippen LogP contribution in [0, 0.1) is 5.41 Å². The molecular weight excluding hydrogens is 316 g/mol. The molecule has 0 amide bonds. The molecule has 20 heavy (non-hydrogen) atoms. The fourth-order valence-electron chi connectivity index (χ4n) is 3.12. The Balaban J connectivity index is 2.24. The maximum absolute atomic E-state index is 6.41. The smallest absolute Gasteiger partial charge is 0.0635 e. The molecule has 0 aromatic carbocycles. The second-order valence-corrected chi connectivity index (χ2v) is 7.94. The molecule has 114 valence electrons. The normalized spacial score (nSPS) is 26.1. The molecule has 1 aromatic heterocycles. The van der Waals surface area contributed by atoms with Gasteiger partial charge in [0, 0.05) is 18.5 Å². The first-order valence-corrected chi connectivity index (χ1v) is 8.21. The van der Waals surface area contributed by atoms with Gasteiger partial charge in [-0.05, 0) is 54.7 Å². The van der Waals surface area contributed by atoms with Crippen LogP contribution in [0.2, 0.25) is 0 Å². The first kappa shape index (κ1) is 16.0. The van der Waals surface area contributed by atoms with Crippen molar-refractivity contribution in [2.75, 3.05) is 20.6 Å². The van der Waals surface area contributed by atoms with E-state index in [2.05, 4.69) is 58.6 Å². The summed E-state index contributed by atoms with van der Waals surface area (Å²) in [6.07, 6.45) is 5.37. The molecule has 2 atom stereocenters. The van der Waals surface area contributed by atoms with Crippen LogP contribution in [0.25, 0.3) is 0 Å². The number of hydrogen-bond acceptors (Lipinski definition) is 3. The zero-order valence-electron chi connectivity index (χ0n) is 13.1. The van der Waals surface area contributed by atoms with Gasteiger partial charge in [0.05, 0.1) is 22.9 Å². The highest BCUT2D eigenvalue weighted by atomic mass is 79.9. The van der Waals surface area contributed by atoms with Gasteiger partial charge < -0.3 is 10.6 Å². The molecule has 1 aliphatic carbocycles. The third-order valence-electron chi connectivity index (χ3n) is 4.39. The van der Waals surface area contributed by atoms with Gasteiger partial charge in [-0.2, -0.15) is 5.10 Å². The maximum Gasteiger partial charge on any atom is 0.0635 e. The second-order valence-electron chi connectivity index (χ2n) is 7.08. The molecule has 0 radical (unpaired) electrons. The molecule has 0 aliphatic heterocycles. The van der Waals surface area contributed by atoms with Gasteiger partial charge in [-0.1, -0.05) is 13.8 Å². The second kappa shape index (κ2) is 6.16. The van der Waals surface area contributed by atoms with Crippen molar-refractivity contribution in [1.29, 1.82) is 0 Å². The van der Waals surface area contributed by atoms with Crippen molar-refractivity contribution in [2.24, 2.45) is 11.1 Å². The highest BCUT2D eigenvalue weighted by Crippen LogP contribution is 2.44. The van der Waals surface area contributed by atoms with Crippen molar-refractivity contribution in [3.05, 3.63) is 16.4 Å². The largest absolute Gasteiger partial charge is 0.327 e. The van der Waals surface area contributed by atoms with Crippen LogP contribution in [0.5, 0.6) is 0 Å². The quantitative estimate of drug-likeness (QED) is 0.915. The molecule has 1 aromatic rings. The molecule has 2 unspecified atom stereocenters. The number of halogens is 1. The monoisotopic (exact) mass is 342 g/mol. The molecule has 4 nitrogen and oxygen atoms in total. The minimum absolute atomic E-state index is 0.245. The maximum atomic E-state index is 6.41. The van der Waals surface area contributed by atoms with Gasteiger partial charge in [-0.15, -0.1) is 0 Å². The summed E-state index contributed by atoms with van der Waals surface area (Å²) in [6.45, 7) is 6.60. The topological polar surface area (TPSA) is 47.1 Å². The predicted molar refractivity (Wildman–Crippen MR) is 86.8 cm³/mol. The van der Waals surface area contributed by atoms with Crippen LogP contribution in [0.3, 0.4) is 0 Å². The molecule has 2 rings (SSSR count). The van der Waals surface area contributed by atoms with Gasteiger partial charge in [0.2, 0.25) is 0 Å². The number of nitrogens with two attached hydrogens (primary N) is 1. The van der Waals surface area contributed by atoms with Crippen LogP contribution in [-0.4, -0.2) is 41.4 Å². The number of aromatic nitrogens is 2. The fourth-order valence-corrected chi connectivity index (χ4v) is 3.71. The standard InChI is InChI=1S/C15H27BrN4/c1-15(2)6-5-13(17)11(9-15)14-12(16)10-18-20(14)8-7-19(3)4/h10-11,13H,5-9,17H2,1-4H3. The van der Waals surface area contributed by atoms with Crippen LogP contribution in [0.1, 0.15) is 44.7 Å². The Morgan fingerprint density at radius 2 is 2.20 bits per heavy atom. The average Bonchev–Trinajstić information content (AvgIpc) is 2.71. The fraction of sp³-hybridized carbons (Fsp3) is 0.800. The summed E-state index contributed by atoms with van der Waals surface area (Å²) < 4.78 is 3.24. The summed E-state index contributed by atoms with van der Waals surface area (Å²) in [6, 6.07) is 0.245. The lowest BCUT2D eigenvalue weighted by molar-refractivity contribution is 0.192. The SMILES string of the molecule is CN(C)CCn1ncc(Br)c1C1CC(C)(C)CCC1N. The van der Waals surface area contributed by atoms with Crippen molar-refractivity contribution < 1.29 is 0 Å². The van der Waals surface area contributed by atoms with E-state index in [0.29, 0.717) is 11.3 Å². The summed E-state index contributed by atoms with van der Waals surface area (Å²) in [5.74, 6) is 0.401. The van der Waals surface area contributed by atoms with Gasteiger partial charge in [0.15, 0.2) is 0 Å². The van der Waals surface area contributed by atoms with E-state index in [1.165, 1.54) is 12.1 Å². The lowest BCUT2D eigenvalue weighted by Gasteiger charge is -2.39. The molecule has 1 saturated carbocycles. The minimum atomic E-state index is 0.245. The van der Waals surface area contributed by atoms with E-state index in [1.54, 1.807) is 0 Å². The Morgan fingerprint density at radius 3 is 2.85 bits per heavy atom. The van der Waals surface area contributed by atoms with Gasteiger partial charge in [-0.3, -0.25) is 4.68 Å². The summed E-state index contributed by atoms with van der Waals surface area (Å²) >= 11 is 3.67.